The Kier molecular flexibility index (Phi) is 3.93. The largest absolute Gasteiger partial charge is 0.503 e. The van der Waals surface area contributed by atoms with Crippen LogP contribution in [0.4, 0.5) is 0 Å². The average molecular weight is 298 g/mol. The Morgan fingerprint density at radius 3 is 2.68 bits per heavy atom. The fourth-order valence-corrected chi connectivity index (χ4v) is 2.12. The first-order valence-electron chi connectivity index (χ1n) is 5.35. The zero-order chi connectivity index (χ0) is 14.0. The van der Waals surface area contributed by atoms with Crippen LogP contribution in [-0.4, -0.2) is 15.5 Å². The number of halogens is 2. The van der Waals surface area contributed by atoms with Gasteiger partial charge in [-0.15, -0.1) is 0 Å². The van der Waals surface area contributed by atoms with Gasteiger partial charge in [0.1, 0.15) is 0 Å². The number of rotatable bonds is 3. The lowest BCUT2D eigenvalue weighted by Gasteiger charge is -2.07. The number of aromatic nitrogens is 1. The third-order valence-electron chi connectivity index (χ3n) is 2.55. The first-order valence-corrected chi connectivity index (χ1v) is 6.11. The molecule has 19 heavy (non-hydrogen) atoms. The summed E-state index contributed by atoms with van der Waals surface area (Å²) in [6.07, 6.45) is 1.42. The number of Topliss-reactive ketones (excluding diaryl/α,β-unsaturated/α-hetero) is 1. The first-order chi connectivity index (χ1) is 8.99. The second-order valence-corrected chi connectivity index (χ2v) is 4.72. The van der Waals surface area contributed by atoms with Gasteiger partial charge in [0.05, 0.1) is 11.6 Å². The molecule has 0 saturated carbocycles. The van der Waals surface area contributed by atoms with Crippen LogP contribution in [0.5, 0.6) is 5.75 Å². The standard InChI is InChI=1S/C13H9Cl2NO3/c14-8-3-4-9(10(15)6-8)12(18)7-16-5-1-2-11(17)13(16)19/h1-6,17H,7H2. The topological polar surface area (TPSA) is 59.3 Å². The molecule has 0 saturated heterocycles. The fourth-order valence-electron chi connectivity index (χ4n) is 1.60. The molecule has 0 atom stereocenters. The smallest absolute Gasteiger partial charge is 0.293 e. The minimum absolute atomic E-state index is 0.200. The van der Waals surface area contributed by atoms with Crippen molar-refractivity contribution in [3.63, 3.8) is 0 Å². The van der Waals surface area contributed by atoms with Gasteiger partial charge < -0.3 is 9.67 Å². The van der Waals surface area contributed by atoms with Gasteiger partial charge in [0.15, 0.2) is 11.5 Å². The number of ketones is 1. The third-order valence-corrected chi connectivity index (χ3v) is 3.09. The van der Waals surface area contributed by atoms with Crippen LogP contribution in [0.3, 0.4) is 0 Å². The lowest BCUT2D eigenvalue weighted by atomic mass is 10.1. The lowest BCUT2D eigenvalue weighted by Crippen LogP contribution is -2.23. The minimum Gasteiger partial charge on any atom is -0.503 e. The van der Waals surface area contributed by atoms with Crippen LogP contribution < -0.4 is 5.56 Å². The molecule has 98 valence electrons. The Labute approximate surface area is 118 Å². The number of nitrogens with zero attached hydrogens (tertiary/aromatic N) is 1. The summed E-state index contributed by atoms with van der Waals surface area (Å²) in [4.78, 5) is 23.6. The maximum atomic E-state index is 12.0. The van der Waals surface area contributed by atoms with E-state index in [9.17, 15) is 14.7 Å². The summed E-state index contributed by atoms with van der Waals surface area (Å²) in [5.74, 6) is -0.744. The van der Waals surface area contributed by atoms with E-state index in [1.807, 2.05) is 0 Å². The highest BCUT2D eigenvalue weighted by atomic mass is 35.5. The second-order valence-electron chi connectivity index (χ2n) is 3.87. The van der Waals surface area contributed by atoms with Gasteiger partial charge >= 0.3 is 0 Å². The molecule has 0 spiro atoms. The number of benzene rings is 1. The predicted molar refractivity (Wildman–Crippen MR) is 73.2 cm³/mol. The average Bonchev–Trinajstić information content (AvgIpc) is 2.34. The van der Waals surface area contributed by atoms with Crippen LogP contribution in [0, 0.1) is 0 Å². The molecule has 0 aliphatic carbocycles. The number of aromatic hydroxyl groups is 1. The van der Waals surface area contributed by atoms with Crippen molar-refractivity contribution < 1.29 is 9.90 Å². The molecule has 2 rings (SSSR count). The molecule has 1 aromatic heterocycles. The van der Waals surface area contributed by atoms with E-state index >= 15 is 0 Å². The summed E-state index contributed by atoms with van der Waals surface area (Å²) in [5, 5.41) is 9.94. The molecule has 0 bridgehead atoms. The van der Waals surface area contributed by atoms with E-state index < -0.39 is 11.3 Å². The summed E-state index contributed by atoms with van der Waals surface area (Å²) in [5.41, 5.74) is -0.345. The molecule has 1 aromatic carbocycles. The normalized spacial score (nSPS) is 10.4. The Morgan fingerprint density at radius 2 is 2.00 bits per heavy atom. The van der Waals surface area contributed by atoms with Crippen molar-refractivity contribution in [1.29, 1.82) is 0 Å². The number of hydrogen-bond acceptors (Lipinski definition) is 3. The van der Waals surface area contributed by atoms with E-state index in [0.29, 0.717) is 5.02 Å². The highest BCUT2D eigenvalue weighted by molar-refractivity contribution is 6.36. The highest BCUT2D eigenvalue weighted by Crippen LogP contribution is 2.21. The van der Waals surface area contributed by atoms with Gasteiger partial charge in [0.25, 0.3) is 5.56 Å². The number of pyridine rings is 1. The van der Waals surface area contributed by atoms with Crippen LogP contribution in [0.15, 0.2) is 41.3 Å². The molecule has 4 nitrogen and oxygen atoms in total. The number of hydrogen-bond donors (Lipinski definition) is 1. The number of carbonyl (C=O) groups excluding carboxylic acids is 1. The molecule has 0 amide bonds. The van der Waals surface area contributed by atoms with Gasteiger partial charge in [0, 0.05) is 16.8 Å². The SMILES string of the molecule is O=C(Cn1cccc(O)c1=O)c1ccc(Cl)cc1Cl. The Hall–Kier alpha value is -1.78. The van der Waals surface area contributed by atoms with E-state index in [1.54, 1.807) is 6.07 Å². The summed E-state index contributed by atoms with van der Waals surface area (Å²) >= 11 is 11.7. The van der Waals surface area contributed by atoms with Crippen molar-refractivity contribution in [2.75, 3.05) is 0 Å². The van der Waals surface area contributed by atoms with Crippen LogP contribution in [0.25, 0.3) is 0 Å². The molecular weight excluding hydrogens is 289 g/mol. The van der Waals surface area contributed by atoms with E-state index in [2.05, 4.69) is 0 Å². The van der Waals surface area contributed by atoms with Gasteiger partial charge in [-0.3, -0.25) is 9.59 Å². The molecule has 0 aliphatic rings. The predicted octanol–water partition coefficient (Wildman–Crippen LogP) is 2.74. The van der Waals surface area contributed by atoms with Gasteiger partial charge in [-0.2, -0.15) is 0 Å². The summed E-state index contributed by atoms with van der Waals surface area (Å²) < 4.78 is 1.11. The lowest BCUT2D eigenvalue weighted by molar-refractivity contribution is 0.0971. The van der Waals surface area contributed by atoms with Crippen molar-refractivity contribution in [3.05, 3.63) is 62.5 Å². The van der Waals surface area contributed by atoms with Crippen molar-refractivity contribution in [3.8, 4) is 5.75 Å². The van der Waals surface area contributed by atoms with E-state index in [4.69, 9.17) is 23.2 Å². The van der Waals surface area contributed by atoms with Crippen LogP contribution in [0.1, 0.15) is 10.4 Å². The van der Waals surface area contributed by atoms with Crippen molar-refractivity contribution >= 4 is 29.0 Å². The van der Waals surface area contributed by atoms with Crippen LogP contribution in [-0.2, 0) is 6.54 Å². The summed E-state index contributed by atoms with van der Waals surface area (Å²) in [6, 6.07) is 7.25. The Morgan fingerprint density at radius 1 is 1.26 bits per heavy atom. The van der Waals surface area contributed by atoms with Crippen LogP contribution in [0.2, 0.25) is 10.0 Å². The maximum Gasteiger partial charge on any atom is 0.293 e. The van der Waals surface area contributed by atoms with E-state index in [0.717, 1.165) is 4.57 Å². The van der Waals surface area contributed by atoms with E-state index in [1.165, 1.54) is 30.5 Å². The number of carbonyl (C=O) groups is 1. The Balaban J connectivity index is 2.31. The van der Waals surface area contributed by atoms with Crippen molar-refractivity contribution in [2.24, 2.45) is 0 Å². The van der Waals surface area contributed by atoms with Gasteiger partial charge in [-0.25, -0.2) is 0 Å². The van der Waals surface area contributed by atoms with Crippen LogP contribution >= 0.6 is 23.2 Å². The summed E-state index contributed by atoms with van der Waals surface area (Å²) in [7, 11) is 0. The van der Waals surface area contributed by atoms with Gasteiger partial charge in [-0.05, 0) is 30.3 Å². The van der Waals surface area contributed by atoms with E-state index in [-0.39, 0.29) is 22.9 Å². The molecule has 1 N–H and O–H groups in total. The zero-order valence-electron chi connectivity index (χ0n) is 9.64. The fraction of sp³-hybridized carbons (Fsp3) is 0.0769. The molecule has 0 radical (unpaired) electrons. The van der Waals surface area contributed by atoms with Gasteiger partial charge in [0.2, 0.25) is 0 Å². The molecule has 0 unspecified atom stereocenters. The molecular formula is C13H9Cl2NO3. The first kappa shape index (κ1) is 13.6. The second kappa shape index (κ2) is 5.47. The molecule has 6 heteroatoms. The molecule has 0 fully saturated rings. The monoisotopic (exact) mass is 297 g/mol. The Bertz CT molecular complexity index is 695. The van der Waals surface area contributed by atoms with Crippen molar-refractivity contribution in [1.82, 2.24) is 4.57 Å². The summed E-state index contributed by atoms with van der Waals surface area (Å²) in [6.45, 7) is -0.200. The third kappa shape index (κ3) is 2.97. The van der Waals surface area contributed by atoms with Gasteiger partial charge in [-0.1, -0.05) is 23.2 Å². The van der Waals surface area contributed by atoms with Crippen molar-refractivity contribution in [2.45, 2.75) is 6.54 Å². The molecule has 1 heterocycles. The highest BCUT2D eigenvalue weighted by Gasteiger charge is 2.12. The zero-order valence-corrected chi connectivity index (χ0v) is 11.1. The molecule has 2 aromatic rings. The minimum atomic E-state index is -0.624. The maximum absolute atomic E-state index is 12.0. The quantitative estimate of drug-likeness (QED) is 0.886. The molecule has 0 aliphatic heterocycles.